The summed E-state index contributed by atoms with van der Waals surface area (Å²) in [6.07, 6.45) is 2.02. The second kappa shape index (κ2) is 9.50. The summed E-state index contributed by atoms with van der Waals surface area (Å²) in [5.41, 5.74) is 4.49. The number of aryl methyl sites for hydroxylation is 1. The molecule has 1 atom stereocenters. The number of pyridine rings is 1. The highest BCUT2D eigenvalue weighted by Gasteiger charge is 2.24. The molecular formula is C28H25N3O6. The van der Waals surface area contributed by atoms with E-state index in [0.29, 0.717) is 42.7 Å². The van der Waals surface area contributed by atoms with E-state index in [2.05, 4.69) is 16.0 Å². The molecule has 4 aromatic rings. The fourth-order valence-corrected chi connectivity index (χ4v) is 4.78. The lowest BCUT2D eigenvalue weighted by atomic mass is 9.93. The van der Waals surface area contributed by atoms with Crippen molar-refractivity contribution in [1.82, 2.24) is 14.5 Å². The monoisotopic (exact) mass is 499 g/mol. The van der Waals surface area contributed by atoms with E-state index in [0.717, 1.165) is 27.9 Å². The molecule has 0 saturated carbocycles. The van der Waals surface area contributed by atoms with Crippen LogP contribution in [0.2, 0.25) is 0 Å². The third kappa shape index (κ3) is 4.22. The molecule has 2 aromatic carbocycles. The minimum Gasteiger partial charge on any atom is -0.493 e. The smallest absolute Gasteiger partial charge is 0.351 e. The van der Waals surface area contributed by atoms with Gasteiger partial charge in [0, 0.05) is 29.9 Å². The van der Waals surface area contributed by atoms with Crippen molar-refractivity contribution in [2.45, 2.75) is 19.1 Å². The van der Waals surface area contributed by atoms with Gasteiger partial charge in [0.05, 0.1) is 19.9 Å². The van der Waals surface area contributed by atoms with Crippen LogP contribution >= 0.6 is 0 Å². The number of rotatable bonds is 6. The second-order valence-electron chi connectivity index (χ2n) is 8.75. The molecule has 0 fully saturated rings. The van der Waals surface area contributed by atoms with Gasteiger partial charge in [0.2, 0.25) is 5.88 Å². The third-order valence-electron chi connectivity index (χ3n) is 6.54. The van der Waals surface area contributed by atoms with Crippen LogP contribution in [0.1, 0.15) is 5.56 Å². The molecule has 2 aromatic heterocycles. The number of para-hydroxylation sites is 1. The lowest BCUT2D eigenvalue weighted by Gasteiger charge is -2.26. The molecule has 0 amide bonds. The first-order valence-electron chi connectivity index (χ1n) is 12.0. The van der Waals surface area contributed by atoms with Gasteiger partial charge >= 0.3 is 5.69 Å². The van der Waals surface area contributed by atoms with Gasteiger partial charge < -0.3 is 23.7 Å². The Morgan fingerprint density at radius 1 is 1.05 bits per heavy atom. The summed E-state index contributed by atoms with van der Waals surface area (Å²) in [4.78, 5) is 21.1. The number of fused-ring (bicyclic) bond motifs is 4. The van der Waals surface area contributed by atoms with Crippen molar-refractivity contribution in [1.29, 1.82) is 0 Å². The van der Waals surface area contributed by atoms with Gasteiger partial charge in [-0.2, -0.15) is 4.98 Å². The van der Waals surface area contributed by atoms with Crippen LogP contribution in [0, 0.1) is 0 Å². The molecule has 9 heteroatoms. The summed E-state index contributed by atoms with van der Waals surface area (Å²) in [6.45, 7) is 1.02. The van der Waals surface area contributed by atoms with Crippen LogP contribution in [0.4, 0.5) is 0 Å². The molecule has 2 aliphatic heterocycles. The zero-order valence-electron chi connectivity index (χ0n) is 20.5. The molecule has 2 aliphatic rings. The van der Waals surface area contributed by atoms with Gasteiger partial charge in [-0.3, -0.25) is 4.57 Å². The van der Waals surface area contributed by atoms with Crippen molar-refractivity contribution in [3.05, 3.63) is 76.8 Å². The predicted octanol–water partition coefficient (Wildman–Crippen LogP) is 3.76. The van der Waals surface area contributed by atoms with E-state index in [1.165, 1.54) is 0 Å². The molecule has 0 radical (unpaired) electrons. The number of hydrogen-bond acceptors (Lipinski definition) is 8. The number of benzene rings is 2. The predicted molar refractivity (Wildman–Crippen MR) is 136 cm³/mol. The molecule has 37 heavy (non-hydrogen) atoms. The van der Waals surface area contributed by atoms with E-state index in [4.69, 9.17) is 23.7 Å². The van der Waals surface area contributed by atoms with Gasteiger partial charge in [-0.1, -0.05) is 30.3 Å². The first-order chi connectivity index (χ1) is 18.1. The first kappa shape index (κ1) is 22.9. The van der Waals surface area contributed by atoms with Crippen LogP contribution in [0.5, 0.6) is 29.0 Å². The van der Waals surface area contributed by atoms with Crippen molar-refractivity contribution < 1.29 is 23.7 Å². The summed E-state index contributed by atoms with van der Waals surface area (Å²) < 4.78 is 30.2. The number of nitrogens with zero attached hydrogens (tertiary/aromatic N) is 3. The molecule has 0 bridgehead atoms. The standard InChI is InChI=1S/C28H25N3O6/c1-33-23-6-3-5-21(26(23)34-2)17-8-9-20-18(13-17)10-12-31-22(20)14-25(30-28(31)32)35-15-19-16-36-27-24(37-19)7-4-11-29-27/h3-9,11,13-14,19H,10,12,15-16H2,1-2H3. The fraction of sp³-hybridized carbons (Fsp3) is 0.250. The topological polar surface area (TPSA) is 93.9 Å². The lowest BCUT2D eigenvalue weighted by molar-refractivity contribution is 0.0486. The SMILES string of the molecule is COc1cccc(-c2ccc3c(c2)CCn2c-3cc(OCC3COc4ncccc4O3)nc2=O)c1OC. The Labute approximate surface area is 213 Å². The van der Waals surface area contributed by atoms with E-state index in [9.17, 15) is 4.79 Å². The molecule has 0 spiro atoms. The van der Waals surface area contributed by atoms with Crippen LogP contribution in [-0.4, -0.2) is 48.1 Å². The summed E-state index contributed by atoms with van der Waals surface area (Å²) >= 11 is 0. The average molecular weight is 500 g/mol. The van der Waals surface area contributed by atoms with Crippen molar-refractivity contribution >= 4 is 0 Å². The maximum Gasteiger partial charge on any atom is 0.351 e. The third-order valence-corrected chi connectivity index (χ3v) is 6.54. The highest BCUT2D eigenvalue weighted by atomic mass is 16.6. The van der Waals surface area contributed by atoms with E-state index < -0.39 is 0 Å². The molecule has 4 heterocycles. The largest absolute Gasteiger partial charge is 0.493 e. The Bertz CT molecular complexity index is 1530. The Kier molecular flexibility index (Phi) is 5.88. The Morgan fingerprint density at radius 2 is 1.97 bits per heavy atom. The van der Waals surface area contributed by atoms with Gasteiger partial charge in [0.25, 0.3) is 5.88 Å². The molecule has 6 rings (SSSR count). The molecule has 188 valence electrons. The van der Waals surface area contributed by atoms with Crippen LogP contribution in [0.25, 0.3) is 22.4 Å². The van der Waals surface area contributed by atoms with Gasteiger partial charge in [-0.25, -0.2) is 9.78 Å². The molecule has 1 unspecified atom stereocenters. The zero-order valence-corrected chi connectivity index (χ0v) is 20.5. The molecular weight excluding hydrogens is 474 g/mol. The van der Waals surface area contributed by atoms with Crippen LogP contribution < -0.4 is 29.4 Å². The second-order valence-corrected chi connectivity index (χ2v) is 8.75. The van der Waals surface area contributed by atoms with Gasteiger partial charge in [0.1, 0.15) is 13.2 Å². The quantitative estimate of drug-likeness (QED) is 0.396. The van der Waals surface area contributed by atoms with E-state index in [1.807, 2.05) is 36.4 Å². The van der Waals surface area contributed by atoms with Crippen molar-refractivity contribution in [2.75, 3.05) is 27.4 Å². The first-order valence-corrected chi connectivity index (χ1v) is 12.0. The molecule has 0 aliphatic carbocycles. The van der Waals surface area contributed by atoms with Crippen molar-refractivity contribution in [3.63, 3.8) is 0 Å². The van der Waals surface area contributed by atoms with Crippen molar-refractivity contribution in [3.8, 4) is 51.4 Å². The lowest BCUT2D eigenvalue weighted by Crippen LogP contribution is -2.35. The molecule has 0 N–H and O–H groups in total. The maximum absolute atomic E-state index is 12.8. The summed E-state index contributed by atoms with van der Waals surface area (Å²) in [6, 6.07) is 17.4. The summed E-state index contributed by atoms with van der Waals surface area (Å²) in [7, 11) is 3.26. The molecule has 0 saturated heterocycles. The van der Waals surface area contributed by atoms with Crippen LogP contribution in [0.3, 0.4) is 0 Å². The van der Waals surface area contributed by atoms with Gasteiger partial charge in [0.15, 0.2) is 23.4 Å². The van der Waals surface area contributed by atoms with E-state index >= 15 is 0 Å². The number of methoxy groups -OCH3 is 2. The van der Waals surface area contributed by atoms with Crippen LogP contribution in [-0.2, 0) is 13.0 Å². The number of aromatic nitrogens is 3. The zero-order chi connectivity index (χ0) is 25.4. The van der Waals surface area contributed by atoms with Gasteiger partial charge in [-0.05, 0) is 35.7 Å². The molecule has 9 nitrogen and oxygen atoms in total. The minimum atomic E-state index is -0.343. The minimum absolute atomic E-state index is 0.186. The highest BCUT2D eigenvalue weighted by Crippen LogP contribution is 2.40. The maximum atomic E-state index is 12.8. The van der Waals surface area contributed by atoms with E-state index in [-0.39, 0.29) is 24.3 Å². The highest BCUT2D eigenvalue weighted by molar-refractivity contribution is 5.78. The fourth-order valence-electron chi connectivity index (χ4n) is 4.78. The van der Waals surface area contributed by atoms with Crippen LogP contribution in [0.15, 0.2) is 65.6 Å². The Balaban J connectivity index is 1.27. The normalized spacial score (nSPS) is 15.4. The van der Waals surface area contributed by atoms with E-state index in [1.54, 1.807) is 37.1 Å². The van der Waals surface area contributed by atoms with Gasteiger partial charge in [-0.15, -0.1) is 0 Å². The van der Waals surface area contributed by atoms with Crippen molar-refractivity contribution in [2.24, 2.45) is 0 Å². The Hall–Kier alpha value is -4.53. The summed E-state index contributed by atoms with van der Waals surface area (Å²) in [5.74, 6) is 2.65. The number of hydrogen-bond donors (Lipinski definition) is 0. The Morgan fingerprint density at radius 3 is 2.84 bits per heavy atom. The average Bonchev–Trinajstić information content (AvgIpc) is 2.95. The summed E-state index contributed by atoms with van der Waals surface area (Å²) in [5, 5.41) is 0. The number of ether oxygens (including phenoxy) is 5.